The van der Waals surface area contributed by atoms with Crippen molar-refractivity contribution in [3.63, 3.8) is 0 Å². The topological polar surface area (TPSA) is 165 Å². The van der Waals surface area contributed by atoms with Gasteiger partial charge in [-0.25, -0.2) is 8.42 Å². The molecule has 0 aromatic heterocycles. The number of carbonyl (C=O) groups excluding carboxylic acids is 3. The highest BCUT2D eigenvalue weighted by Crippen LogP contribution is 2.27. The van der Waals surface area contributed by atoms with Crippen molar-refractivity contribution in [3.05, 3.63) is 57.6 Å². The second-order valence-electron chi connectivity index (χ2n) is 7.39. The summed E-state index contributed by atoms with van der Waals surface area (Å²) in [6.45, 7) is 3.29. The third-order valence-electron chi connectivity index (χ3n) is 4.68. The van der Waals surface area contributed by atoms with Crippen molar-refractivity contribution in [3.8, 4) is 0 Å². The first-order valence-electron chi connectivity index (χ1n) is 9.86. The smallest absolute Gasteiger partial charge is 0.321 e. The number of aryl methyl sites for hydroxylation is 2. The van der Waals surface area contributed by atoms with E-state index in [9.17, 15) is 32.9 Å². The number of benzene rings is 2. The third-order valence-corrected chi connectivity index (χ3v) is 6.50. The summed E-state index contributed by atoms with van der Waals surface area (Å²) in [6.07, 6.45) is 0. The van der Waals surface area contributed by atoms with Crippen molar-refractivity contribution in [1.82, 2.24) is 4.31 Å². The fourth-order valence-electron chi connectivity index (χ4n) is 2.79. The highest BCUT2D eigenvalue weighted by atomic mass is 32.2. The minimum absolute atomic E-state index is 0.0449. The normalized spacial score (nSPS) is 11.1. The van der Waals surface area contributed by atoms with Gasteiger partial charge >= 0.3 is 5.97 Å². The third kappa shape index (κ3) is 6.83. The number of rotatable bonds is 9. The van der Waals surface area contributed by atoms with Gasteiger partial charge in [0, 0.05) is 25.7 Å². The molecule has 0 saturated heterocycles. The Labute approximate surface area is 196 Å². The Hall–Kier alpha value is -3.84. The van der Waals surface area contributed by atoms with Crippen LogP contribution in [0.3, 0.4) is 0 Å². The highest BCUT2D eigenvalue weighted by Gasteiger charge is 2.24. The number of nitrogens with one attached hydrogen (secondary N) is 2. The number of amides is 2. The molecule has 2 amide bonds. The SMILES string of the molecule is CC(=O)Nc1ccc(S(=O)(=O)N(C)CC(=O)OCC(=O)Nc2cc(C)c(C)cc2[N+](=O)[O-])cc1. The van der Waals surface area contributed by atoms with Crippen molar-refractivity contribution in [2.75, 3.05) is 30.8 Å². The zero-order valence-corrected chi connectivity index (χ0v) is 19.8. The molecule has 0 unspecified atom stereocenters. The number of nitro benzene ring substituents is 1. The number of carbonyl (C=O) groups is 3. The molecule has 0 aliphatic heterocycles. The molecule has 0 heterocycles. The first-order chi connectivity index (χ1) is 15.8. The van der Waals surface area contributed by atoms with E-state index in [4.69, 9.17) is 4.74 Å². The maximum Gasteiger partial charge on any atom is 0.321 e. The monoisotopic (exact) mass is 492 g/mol. The summed E-state index contributed by atoms with van der Waals surface area (Å²) in [5.74, 6) is -2.13. The quantitative estimate of drug-likeness (QED) is 0.305. The number of likely N-dealkylation sites (N-methyl/N-ethyl adjacent to an activating group) is 1. The van der Waals surface area contributed by atoms with Crippen molar-refractivity contribution >= 4 is 44.9 Å². The largest absolute Gasteiger partial charge is 0.455 e. The van der Waals surface area contributed by atoms with E-state index in [1.807, 2.05) is 0 Å². The van der Waals surface area contributed by atoms with Crippen LogP contribution < -0.4 is 10.6 Å². The van der Waals surface area contributed by atoms with E-state index in [2.05, 4.69) is 10.6 Å². The van der Waals surface area contributed by atoms with Gasteiger partial charge in [0.15, 0.2) is 6.61 Å². The molecule has 0 fully saturated rings. The summed E-state index contributed by atoms with van der Waals surface area (Å²) in [7, 11) is -2.88. The molecule has 2 N–H and O–H groups in total. The Morgan fingerprint density at radius 3 is 2.21 bits per heavy atom. The van der Waals surface area contributed by atoms with E-state index in [0.717, 1.165) is 16.9 Å². The van der Waals surface area contributed by atoms with E-state index < -0.39 is 40.0 Å². The summed E-state index contributed by atoms with van der Waals surface area (Å²) in [5.41, 5.74) is 1.44. The number of nitro groups is 1. The van der Waals surface area contributed by atoms with Crippen LogP contribution in [0.1, 0.15) is 18.1 Å². The average molecular weight is 493 g/mol. The molecular formula is C21H24N4O8S. The van der Waals surface area contributed by atoms with Crippen LogP contribution >= 0.6 is 0 Å². The Morgan fingerprint density at radius 1 is 1.06 bits per heavy atom. The van der Waals surface area contributed by atoms with Gasteiger partial charge in [-0.3, -0.25) is 24.5 Å². The number of hydrogen-bond acceptors (Lipinski definition) is 8. The number of anilines is 2. The lowest BCUT2D eigenvalue weighted by Crippen LogP contribution is -2.34. The van der Waals surface area contributed by atoms with Gasteiger partial charge in [-0.2, -0.15) is 4.31 Å². The zero-order chi connectivity index (χ0) is 25.6. The molecule has 182 valence electrons. The molecule has 0 atom stereocenters. The molecule has 12 nitrogen and oxygen atoms in total. The molecule has 13 heteroatoms. The fourth-order valence-corrected chi connectivity index (χ4v) is 3.91. The molecule has 0 saturated carbocycles. The Bertz CT molecular complexity index is 1230. The van der Waals surface area contributed by atoms with Crippen LogP contribution in [0.2, 0.25) is 0 Å². The van der Waals surface area contributed by atoms with Crippen molar-refractivity contribution in [1.29, 1.82) is 0 Å². The molecule has 2 rings (SSSR count). The first-order valence-corrected chi connectivity index (χ1v) is 11.3. The van der Waals surface area contributed by atoms with Gasteiger partial charge in [0.1, 0.15) is 12.2 Å². The minimum atomic E-state index is -4.05. The van der Waals surface area contributed by atoms with E-state index in [0.29, 0.717) is 11.3 Å². The van der Waals surface area contributed by atoms with Crippen LogP contribution in [0.25, 0.3) is 0 Å². The van der Waals surface area contributed by atoms with E-state index >= 15 is 0 Å². The minimum Gasteiger partial charge on any atom is -0.455 e. The predicted molar refractivity (Wildman–Crippen MR) is 123 cm³/mol. The van der Waals surface area contributed by atoms with Gasteiger partial charge in [0.05, 0.1) is 9.82 Å². The van der Waals surface area contributed by atoms with Gasteiger partial charge in [-0.1, -0.05) is 0 Å². The van der Waals surface area contributed by atoms with Crippen LogP contribution in [0, 0.1) is 24.0 Å². The maximum atomic E-state index is 12.6. The molecule has 0 aliphatic carbocycles. The van der Waals surface area contributed by atoms with E-state index in [1.165, 1.54) is 43.3 Å². The summed E-state index contributed by atoms with van der Waals surface area (Å²) in [4.78, 5) is 45.7. The second kappa shape index (κ2) is 10.9. The van der Waals surface area contributed by atoms with Crippen LogP contribution in [-0.2, 0) is 29.1 Å². The average Bonchev–Trinajstić information content (AvgIpc) is 2.74. The second-order valence-corrected chi connectivity index (χ2v) is 9.43. The van der Waals surface area contributed by atoms with Gasteiger partial charge in [-0.15, -0.1) is 0 Å². The molecule has 34 heavy (non-hydrogen) atoms. The summed E-state index contributed by atoms with van der Waals surface area (Å²) in [5, 5.41) is 16.1. The van der Waals surface area contributed by atoms with Gasteiger partial charge in [0.25, 0.3) is 11.6 Å². The molecule has 0 bridgehead atoms. The number of esters is 1. The summed E-state index contributed by atoms with van der Waals surface area (Å²) >= 11 is 0. The number of sulfonamides is 1. The Morgan fingerprint density at radius 2 is 1.65 bits per heavy atom. The highest BCUT2D eigenvalue weighted by molar-refractivity contribution is 7.89. The molecule has 2 aromatic carbocycles. The van der Waals surface area contributed by atoms with Crippen LogP contribution in [-0.4, -0.2) is 55.6 Å². The first kappa shape index (κ1) is 26.4. The van der Waals surface area contributed by atoms with Crippen molar-refractivity contribution < 1.29 is 32.5 Å². The lowest BCUT2D eigenvalue weighted by atomic mass is 10.1. The van der Waals surface area contributed by atoms with Gasteiger partial charge < -0.3 is 15.4 Å². The molecule has 0 radical (unpaired) electrons. The molecule has 0 aliphatic rings. The van der Waals surface area contributed by atoms with E-state index in [1.54, 1.807) is 13.8 Å². The maximum absolute atomic E-state index is 12.6. The zero-order valence-electron chi connectivity index (χ0n) is 18.9. The molecule has 0 spiro atoms. The molecular weight excluding hydrogens is 468 g/mol. The summed E-state index contributed by atoms with van der Waals surface area (Å²) < 4.78 is 30.8. The van der Waals surface area contributed by atoms with Crippen molar-refractivity contribution in [2.24, 2.45) is 0 Å². The number of hydrogen-bond donors (Lipinski definition) is 2. The van der Waals surface area contributed by atoms with Crippen LogP contribution in [0.4, 0.5) is 17.1 Å². The Kier molecular flexibility index (Phi) is 8.43. The molecule has 2 aromatic rings. The van der Waals surface area contributed by atoms with Crippen LogP contribution in [0.15, 0.2) is 41.3 Å². The summed E-state index contributed by atoms with van der Waals surface area (Å²) in [6, 6.07) is 8.09. The van der Waals surface area contributed by atoms with Crippen LogP contribution in [0.5, 0.6) is 0 Å². The van der Waals surface area contributed by atoms with E-state index in [-0.39, 0.29) is 22.2 Å². The van der Waals surface area contributed by atoms with Gasteiger partial charge in [0.2, 0.25) is 15.9 Å². The van der Waals surface area contributed by atoms with Crippen molar-refractivity contribution in [2.45, 2.75) is 25.7 Å². The lowest BCUT2D eigenvalue weighted by Gasteiger charge is -2.16. The Balaban J connectivity index is 1.97. The number of nitrogens with zero attached hydrogens (tertiary/aromatic N) is 2. The predicted octanol–water partition coefficient (Wildman–Crippen LogP) is 1.97. The standard InChI is InChI=1S/C21H24N4O8S/c1-13-9-18(19(25(29)30)10-14(13)2)23-20(27)12-33-21(28)11-24(4)34(31,32)17-7-5-16(6-8-17)22-15(3)26/h5-10H,11-12H2,1-4H3,(H,22,26)(H,23,27). The number of ether oxygens (including phenoxy) is 1. The van der Waals surface area contributed by atoms with Gasteiger partial charge in [-0.05, 0) is 55.3 Å². The fraction of sp³-hybridized carbons (Fsp3) is 0.286. The lowest BCUT2D eigenvalue weighted by molar-refractivity contribution is -0.384.